The van der Waals surface area contributed by atoms with Gasteiger partial charge in [0.1, 0.15) is 5.82 Å². The highest BCUT2D eigenvalue weighted by Crippen LogP contribution is 2.07. The Bertz CT molecular complexity index is 734. The number of amides is 1. The maximum Gasteiger partial charge on any atom is 0.227 e. The van der Waals surface area contributed by atoms with Gasteiger partial charge in [0.2, 0.25) is 5.91 Å². The van der Waals surface area contributed by atoms with Crippen molar-refractivity contribution in [3.8, 4) is 0 Å². The van der Waals surface area contributed by atoms with Gasteiger partial charge in [-0.2, -0.15) is 0 Å². The first-order chi connectivity index (χ1) is 12.1. The first kappa shape index (κ1) is 22.3. The highest BCUT2D eigenvalue weighted by Gasteiger charge is 2.05. The van der Waals surface area contributed by atoms with Gasteiger partial charge in [-0.05, 0) is 26.0 Å². The van der Waals surface area contributed by atoms with Crippen LogP contribution < -0.4 is 16.0 Å². The third-order valence-electron chi connectivity index (χ3n) is 3.36. The van der Waals surface area contributed by atoms with E-state index in [4.69, 9.17) is 0 Å². The number of hydrogen-bond acceptors (Lipinski definition) is 5. The first-order valence-electron chi connectivity index (χ1n) is 8.16. The second kappa shape index (κ2) is 11.8. The average molecular weight is 488 g/mol. The fourth-order valence-corrected chi connectivity index (χ4v) is 2.81. The number of halogens is 1. The van der Waals surface area contributed by atoms with Crippen molar-refractivity contribution in [1.29, 1.82) is 0 Å². The van der Waals surface area contributed by atoms with Gasteiger partial charge in [-0.15, -0.1) is 35.3 Å². The van der Waals surface area contributed by atoms with Crippen LogP contribution in [0, 0.1) is 13.8 Å². The van der Waals surface area contributed by atoms with Crippen LogP contribution in [0.5, 0.6) is 0 Å². The molecule has 26 heavy (non-hydrogen) atoms. The molecule has 0 fully saturated rings. The minimum Gasteiger partial charge on any atom is -0.356 e. The standard InChI is InChI=1S/C17H24N6OS.HI/c1-12-5-4-6-15(21-12)23-16(24)8-10-20-17(18-3)19-9-7-14-11-25-13(2)22-14;/h4-6,11H,7-10H2,1-3H3,(H2,18,19,20)(H,21,23,24);1H. The Hall–Kier alpha value is -1.75. The van der Waals surface area contributed by atoms with Gasteiger partial charge in [0, 0.05) is 44.1 Å². The van der Waals surface area contributed by atoms with E-state index in [-0.39, 0.29) is 29.9 Å². The molecule has 0 radical (unpaired) electrons. The molecular weight excluding hydrogens is 463 g/mol. The number of rotatable bonds is 7. The van der Waals surface area contributed by atoms with E-state index in [0.29, 0.717) is 24.7 Å². The number of anilines is 1. The van der Waals surface area contributed by atoms with Crippen LogP contribution in [-0.4, -0.2) is 42.0 Å². The molecule has 2 aromatic heterocycles. The van der Waals surface area contributed by atoms with Gasteiger partial charge in [0.15, 0.2) is 5.96 Å². The molecule has 0 saturated carbocycles. The summed E-state index contributed by atoms with van der Waals surface area (Å²) < 4.78 is 0. The van der Waals surface area contributed by atoms with Crippen LogP contribution in [0.4, 0.5) is 5.82 Å². The lowest BCUT2D eigenvalue weighted by Gasteiger charge is -2.11. The molecule has 0 unspecified atom stereocenters. The van der Waals surface area contributed by atoms with Crippen molar-refractivity contribution in [2.75, 3.05) is 25.5 Å². The molecule has 2 aromatic rings. The van der Waals surface area contributed by atoms with Gasteiger partial charge in [-0.25, -0.2) is 9.97 Å². The molecule has 0 spiro atoms. The number of carbonyl (C=O) groups excluding carboxylic acids is 1. The number of nitrogens with one attached hydrogen (secondary N) is 3. The Morgan fingerprint density at radius 2 is 1.96 bits per heavy atom. The molecule has 2 rings (SSSR count). The number of guanidine groups is 1. The molecule has 0 aliphatic carbocycles. The summed E-state index contributed by atoms with van der Waals surface area (Å²) in [6.45, 7) is 5.12. The van der Waals surface area contributed by atoms with Crippen molar-refractivity contribution >= 4 is 53.0 Å². The summed E-state index contributed by atoms with van der Waals surface area (Å²) in [6, 6.07) is 5.53. The molecule has 142 valence electrons. The molecule has 0 atom stereocenters. The van der Waals surface area contributed by atoms with Gasteiger partial charge in [-0.3, -0.25) is 9.79 Å². The quantitative estimate of drug-likeness (QED) is 0.317. The Balaban J connectivity index is 0.00000338. The van der Waals surface area contributed by atoms with Gasteiger partial charge in [0.25, 0.3) is 0 Å². The lowest BCUT2D eigenvalue weighted by Crippen LogP contribution is -2.39. The molecule has 1 amide bonds. The third kappa shape index (κ3) is 8.09. The zero-order chi connectivity index (χ0) is 18.1. The molecule has 0 aliphatic rings. The van der Waals surface area contributed by atoms with Gasteiger partial charge < -0.3 is 16.0 Å². The Morgan fingerprint density at radius 1 is 1.19 bits per heavy atom. The number of carbonyl (C=O) groups is 1. The Labute approximate surface area is 175 Å². The van der Waals surface area contributed by atoms with Crippen LogP contribution in [0.25, 0.3) is 0 Å². The lowest BCUT2D eigenvalue weighted by atomic mass is 10.3. The van der Waals surface area contributed by atoms with Crippen LogP contribution in [0.15, 0.2) is 28.6 Å². The summed E-state index contributed by atoms with van der Waals surface area (Å²) in [5.74, 6) is 1.17. The number of hydrogen-bond donors (Lipinski definition) is 3. The number of pyridine rings is 1. The lowest BCUT2D eigenvalue weighted by molar-refractivity contribution is -0.116. The van der Waals surface area contributed by atoms with E-state index in [2.05, 4.69) is 36.3 Å². The summed E-state index contributed by atoms with van der Waals surface area (Å²) in [7, 11) is 1.71. The number of aryl methyl sites for hydroxylation is 2. The largest absolute Gasteiger partial charge is 0.356 e. The monoisotopic (exact) mass is 488 g/mol. The van der Waals surface area contributed by atoms with E-state index in [1.54, 1.807) is 24.5 Å². The number of nitrogens with zero attached hydrogens (tertiary/aromatic N) is 3. The zero-order valence-corrected chi connectivity index (χ0v) is 18.4. The van der Waals surface area contributed by atoms with E-state index >= 15 is 0 Å². The fourth-order valence-electron chi connectivity index (χ4n) is 2.17. The van der Waals surface area contributed by atoms with E-state index in [0.717, 1.165) is 29.4 Å². The molecule has 7 nitrogen and oxygen atoms in total. The highest BCUT2D eigenvalue weighted by atomic mass is 127. The maximum atomic E-state index is 11.9. The first-order valence-corrected chi connectivity index (χ1v) is 9.04. The maximum absolute atomic E-state index is 11.9. The van der Waals surface area contributed by atoms with Crippen molar-refractivity contribution < 1.29 is 4.79 Å². The molecule has 3 N–H and O–H groups in total. The van der Waals surface area contributed by atoms with E-state index in [1.807, 2.05) is 26.0 Å². The minimum absolute atomic E-state index is 0. The molecule has 9 heteroatoms. The molecule has 0 saturated heterocycles. The van der Waals surface area contributed by atoms with E-state index in [9.17, 15) is 4.79 Å². The molecular formula is C17H25IN6OS. The second-order valence-electron chi connectivity index (χ2n) is 5.50. The van der Waals surface area contributed by atoms with Gasteiger partial charge in [0.05, 0.1) is 10.7 Å². The Kier molecular flexibility index (Phi) is 10.1. The summed E-state index contributed by atoms with van der Waals surface area (Å²) in [5.41, 5.74) is 1.95. The van der Waals surface area contributed by atoms with Crippen LogP contribution in [-0.2, 0) is 11.2 Å². The van der Waals surface area contributed by atoms with Gasteiger partial charge in [-0.1, -0.05) is 6.07 Å². The van der Waals surface area contributed by atoms with Crippen LogP contribution >= 0.6 is 35.3 Å². The number of aromatic nitrogens is 2. The van der Waals surface area contributed by atoms with Crippen molar-refractivity contribution in [3.05, 3.63) is 40.0 Å². The van der Waals surface area contributed by atoms with Crippen LogP contribution in [0.3, 0.4) is 0 Å². The van der Waals surface area contributed by atoms with Crippen molar-refractivity contribution in [2.24, 2.45) is 4.99 Å². The molecule has 0 aliphatic heterocycles. The minimum atomic E-state index is -0.0843. The number of aliphatic imine (C=N–C) groups is 1. The van der Waals surface area contributed by atoms with Crippen LogP contribution in [0.1, 0.15) is 22.8 Å². The third-order valence-corrected chi connectivity index (χ3v) is 4.19. The topological polar surface area (TPSA) is 91.3 Å². The normalized spacial score (nSPS) is 10.8. The number of thiazole rings is 1. The van der Waals surface area contributed by atoms with E-state index in [1.165, 1.54) is 0 Å². The SMILES string of the molecule is CN=C(NCCC(=O)Nc1cccc(C)n1)NCCc1csc(C)n1.I. The fraction of sp³-hybridized carbons (Fsp3) is 0.412. The summed E-state index contributed by atoms with van der Waals surface area (Å²) in [6.07, 6.45) is 1.17. The van der Waals surface area contributed by atoms with Crippen molar-refractivity contribution in [2.45, 2.75) is 26.7 Å². The molecule has 2 heterocycles. The molecule has 0 aromatic carbocycles. The predicted octanol–water partition coefficient (Wildman–Crippen LogP) is 2.51. The van der Waals surface area contributed by atoms with Crippen molar-refractivity contribution in [3.63, 3.8) is 0 Å². The highest BCUT2D eigenvalue weighted by molar-refractivity contribution is 14.0. The smallest absolute Gasteiger partial charge is 0.227 e. The van der Waals surface area contributed by atoms with E-state index < -0.39 is 0 Å². The summed E-state index contributed by atoms with van der Waals surface area (Å²) in [5, 5.41) is 12.3. The zero-order valence-electron chi connectivity index (χ0n) is 15.2. The average Bonchev–Trinajstić information content (AvgIpc) is 2.98. The summed E-state index contributed by atoms with van der Waals surface area (Å²) in [4.78, 5) is 24.8. The Morgan fingerprint density at radius 3 is 2.62 bits per heavy atom. The van der Waals surface area contributed by atoms with Gasteiger partial charge >= 0.3 is 0 Å². The predicted molar refractivity (Wildman–Crippen MR) is 118 cm³/mol. The summed E-state index contributed by atoms with van der Waals surface area (Å²) >= 11 is 1.65. The van der Waals surface area contributed by atoms with Crippen LogP contribution in [0.2, 0.25) is 0 Å². The van der Waals surface area contributed by atoms with Crippen molar-refractivity contribution in [1.82, 2.24) is 20.6 Å². The molecule has 0 bridgehead atoms. The second-order valence-corrected chi connectivity index (χ2v) is 6.56.